The minimum absolute atomic E-state index is 0.161. The van der Waals surface area contributed by atoms with Crippen molar-refractivity contribution in [3.05, 3.63) is 35.9 Å². The van der Waals surface area contributed by atoms with Crippen LogP contribution in [0.25, 0.3) is 0 Å². The fourth-order valence-electron chi connectivity index (χ4n) is 5.23. The van der Waals surface area contributed by atoms with Crippen LogP contribution in [0.2, 0.25) is 0 Å². The normalized spacial score (nSPS) is 32.6. The molecule has 2 N–H and O–H groups in total. The molecule has 2 aliphatic heterocycles. The van der Waals surface area contributed by atoms with E-state index in [-0.39, 0.29) is 12.8 Å². The Morgan fingerprint density at radius 1 is 1.11 bits per heavy atom. The molecule has 1 aromatic rings. The fraction of sp³-hybridized carbons (Fsp3) is 0.667. The third kappa shape index (κ3) is 3.49. The van der Waals surface area contributed by atoms with Crippen molar-refractivity contribution < 1.29 is 18.7 Å². The van der Waals surface area contributed by atoms with Gasteiger partial charge >= 0.3 is 0 Å². The van der Waals surface area contributed by atoms with Gasteiger partial charge in [0, 0.05) is 31.8 Å². The van der Waals surface area contributed by atoms with E-state index in [1.54, 1.807) is 35.2 Å². The van der Waals surface area contributed by atoms with E-state index >= 15 is 0 Å². The van der Waals surface area contributed by atoms with Crippen molar-refractivity contribution >= 4 is 5.91 Å². The molecule has 1 aromatic carbocycles. The summed E-state index contributed by atoms with van der Waals surface area (Å²) in [5, 5.41) is 15.0. The predicted molar refractivity (Wildman–Crippen MR) is 98.3 cm³/mol. The van der Waals surface area contributed by atoms with Gasteiger partial charge in [-0.2, -0.15) is 0 Å². The molecule has 4 nitrogen and oxygen atoms in total. The van der Waals surface area contributed by atoms with Crippen LogP contribution in [0.3, 0.4) is 0 Å². The van der Waals surface area contributed by atoms with Gasteiger partial charge in [0.25, 0.3) is 5.91 Å². The van der Waals surface area contributed by atoms with Crippen LogP contribution in [0.4, 0.5) is 8.78 Å². The fourth-order valence-corrected chi connectivity index (χ4v) is 5.23. The summed E-state index contributed by atoms with van der Waals surface area (Å²) in [5.41, 5.74) is -1.44. The molecule has 4 atom stereocenters. The zero-order chi connectivity index (χ0) is 19.1. The van der Waals surface area contributed by atoms with E-state index in [1.165, 1.54) is 0 Å². The number of rotatable bonds is 3. The smallest absolute Gasteiger partial charge is 0.259 e. The predicted octanol–water partition coefficient (Wildman–Crippen LogP) is 2.77. The van der Waals surface area contributed by atoms with Crippen LogP contribution in [-0.2, 0) is 10.4 Å². The molecule has 0 spiro atoms. The third-order valence-corrected chi connectivity index (χ3v) is 6.78. The van der Waals surface area contributed by atoms with Crippen LogP contribution in [0.1, 0.15) is 37.7 Å². The van der Waals surface area contributed by atoms with E-state index < -0.39 is 29.8 Å². The second kappa shape index (κ2) is 7.13. The number of carbonyl (C=O) groups is 1. The summed E-state index contributed by atoms with van der Waals surface area (Å²) < 4.78 is 27.8. The number of benzene rings is 1. The highest BCUT2D eigenvalue weighted by Gasteiger charge is 2.55. The third-order valence-electron chi connectivity index (χ3n) is 6.78. The van der Waals surface area contributed by atoms with Crippen molar-refractivity contribution in [3.63, 3.8) is 0 Å². The molecule has 4 rings (SSSR count). The number of likely N-dealkylation sites (tertiary alicyclic amines) is 1. The number of hydrogen-bond acceptors (Lipinski definition) is 3. The Kier molecular flexibility index (Phi) is 4.97. The van der Waals surface area contributed by atoms with Gasteiger partial charge < -0.3 is 15.3 Å². The molecule has 3 fully saturated rings. The summed E-state index contributed by atoms with van der Waals surface area (Å²) in [6.45, 7) is 3.12. The zero-order valence-corrected chi connectivity index (χ0v) is 15.5. The van der Waals surface area contributed by atoms with Crippen molar-refractivity contribution in [3.8, 4) is 0 Å². The lowest BCUT2D eigenvalue weighted by atomic mass is 9.79. The molecule has 1 aliphatic carbocycles. The molecule has 148 valence electrons. The molecule has 0 aromatic heterocycles. The molecule has 2 saturated heterocycles. The Labute approximate surface area is 158 Å². The second-order valence-electron chi connectivity index (χ2n) is 8.49. The van der Waals surface area contributed by atoms with E-state index in [0.29, 0.717) is 30.5 Å². The molecule has 3 aliphatic rings. The standard InChI is InChI=1S/C21H28F2N2O2/c22-20(23)9-6-18(12-20)21(27,17-4-2-1-3-5-17)19(26)25-13-15-7-10-24-11-8-16(15)14-25/h1-5,15-16,18,24,27H,6-14H2/t15-,16-,18-,21+/m1/s1. The molecular formula is C21H28F2N2O2. The van der Waals surface area contributed by atoms with Gasteiger partial charge in [-0.3, -0.25) is 4.79 Å². The number of nitrogens with zero attached hydrogens (tertiary/aromatic N) is 1. The first-order valence-corrected chi connectivity index (χ1v) is 10.1. The van der Waals surface area contributed by atoms with Gasteiger partial charge in [-0.25, -0.2) is 8.78 Å². The number of halogens is 2. The van der Waals surface area contributed by atoms with Gasteiger partial charge in [0.2, 0.25) is 5.92 Å². The van der Waals surface area contributed by atoms with Crippen molar-refractivity contribution in [2.45, 2.75) is 43.6 Å². The molecule has 27 heavy (non-hydrogen) atoms. The quantitative estimate of drug-likeness (QED) is 0.850. The maximum absolute atomic E-state index is 13.9. The number of carbonyl (C=O) groups excluding carboxylic acids is 1. The van der Waals surface area contributed by atoms with E-state index in [0.717, 1.165) is 25.9 Å². The Hall–Kier alpha value is -1.53. The number of alkyl halides is 2. The van der Waals surface area contributed by atoms with Crippen LogP contribution in [-0.4, -0.2) is 48.0 Å². The molecular weight excluding hydrogens is 350 g/mol. The zero-order valence-electron chi connectivity index (χ0n) is 15.5. The first-order valence-electron chi connectivity index (χ1n) is 10.1. The molecule has 0 radical (unpaired) electrons. The van der Waals surface area contributed by atoms with E-state index in [4.69, 9.17) is 0 Å². The molecule has 2 heterocycles. The lowest BCUT2D eigenvalue weighted by Gasteiger charge is -2.36. The number of fused-ring (bicyclic) bond motifs is 1. The van der Waals surface area contributed by atoms with Gasteiger partial charge in [-0.05, 0) is 49.8 Å². The molecule has 1 amide bonds. The van der Waals surface area contributed by atoms with Crippen molar-refractivity contribution in [1.29, 1.82) is 0 Å². The van der Waals surface area contributed by atoms with E-state index in [2.05, 4.69) is 5.32 Å². The number of hydrogen-bond donors (Lipinski definition) is 2. The van der Waals surface area contributed by atoms with E-state index in [1.807, 2.05) is 0 Å². The lowest BCUT2D eigenvalue weighted by molar-refractivity contribution is -0.159. The first-order chi connectivity index (χ1) is 12.9. The number of aliphatic hydroxyl groups is 1. The highest BCUT2D eigenvalue weighted by molar-refractivity contribution is 5.87. The Balaban J connectivity index is 1.62. The molecule has 1 saturated carbocycles. The summed E-state index contributed by atoms with van der Waals surface area (Å²) >= 11 is 0. The van der Waals surface area contributed by atoms with Crippen LogP contribution < -0.4 is 5.32 Å². The Morgan fingerprint density at radius 2 is 1.74 bits per heavy atom. The first kappa shape index (κ1) is 18.8. The van der Waals surface area contributed by atoms with Gasteiger partial charge in [-0.15, -0.1) is 0 Å². The van der Waals surface area contributed by atoms with Crippen LogP contribution in [0, 0.1) is 17.8 Å². The SMILES string of the molecule is O=C(N1C[C@H]2CCNCC[C@@H]2C1)[C@](O)(c1ccccc1)[C@@H]1CCC(F)(F)C1. The average molecular weight is 378 g/mol. The summed E-state index contributed by atoms with van der Waals surface area (Å²) in [6, 6.07) is 8.68. The molecule has 6 heteroatoms. The monoisotopic (exact) mass is 378 g/mol. The summed E-state index contributed by atoms with van der Waals surface area (Å²) in [7, 11) is 0. The summed E-state index contributed by atoms with van der Waals surface area (Å²) in [6.07, 6.45) is 1.49. The maximum atomic E-state index is 13.9. The van der Waals surface area contributed by atoms with Crippen LogP contribution >= 0.6 is 0 Å². The van der Waals surface area contributed by atoms with E-state index in [9.17, 15) is 18.7 Å². The van der Waals surface area contributed by atoms with Crippen LogP contribution in [0.15, 0.2) is 30.3 Å². The molecule has 0 unspecified atom stereocenters. The Morgan fingerprint density at radius 3 is 2.30 bits per heavy atom. The minimum atomic E-state index is -2.81. The highest BCUT2D eigenvalue weighted by Crippen LogP contribution is 2.48. The minimum Gasteiger partial charge on any atom is -0.375 e. The molecule has 0 bridgehead atoms. The largest absolute Gasteiger partial charge is 0.375 e. The van der Waals surface area contributed by atoms with Crippen molar-refractivity contribution in [2.24, 2.45) is 17.8 Å². The van der Waals surface area contributed by atoms with Crippen molar-refractivity contribution in [1.82, 2.24) is 10.2 Å². The summed E-state index contributed by atoms with van der Waals surface area (Å²) in [4.78, 5) is 15.3. The maximum Gasteiger partial charge on any atom is 0.259 e. The van der Waals surface area contributed by atoms with Gasteiger partial charge in [0.05, 0.1) is 0 Å². The number of amides is 1. The van der Waals surface area contributed by atoms with Crippen molar-refractivity contribution in [2.75, 3.05) is 26.2 Å². The Bertz CT molecular complexity index is 670. The average Bonchev–Trinajstić information content (AvgIpc) is 3.17. The topological polar surface area (TPSA) is 52.6 Å². The number of nitrogens with one attached hydrogen (secondary N) is 1. The van der Waals surface area contributed by atoms with Gasteiger partial charge in [0.15, 0.2) is 5.60 Å². The van der Waals surface area contributed by atoms with Crippen LogP contribution in [0.5, 0.6) is 0 Å². The second-order valence-corrected chi connectivity index (χ2v) is 8.49. The lowest BCUT2D eigenvalue weighted by Crippen LogP contribution is -2.50. The summed E-state index contributed by atoms with van der Waals surface area (Å²) in [5.74, 6) is -3.11. The van der Waals surface area contributed by atoms with Gasteiger partial charge in [0.1, 0.15) is 0 Å². The van der Waals surface area contributed by atoms with Gasteiger partial charge in [-0.1, -0.05) is 30.3 Å². The highest BCUT2D eigenvalue weighted by atomic mass is 19.3.